The molecule has 0 radical (unpaired) electrons. The number of aromatic nitrogens is 1. The van der Waals surface area contributed by atoms with Gasteiger partial charge in [0.1, 0.15) is 0 Å². The maximum absolute atomic E-state index is 11.9. The van der Waals surface area contributed by atoms with Crippen LogP contribution in [0.5, 0.6) is 0 Å². The standard InChI is InChI=1S/C10H16F3N3O2S2/c1-2-16-7-9(5-8(16)6-14)20(17,18)15-3-4-19-10(11,12)13/h5,7,15H,2-4,6,14H2,1H3. The van der Waals surface area contributed by atoms with Crippen LogP contribution in [0.15, 0.2) is 17.2 Å². The van der Waals surface area contributed by atoms with Crippen molar-refractivity contribution in [2.45, 2.75) is 30.4 Å². The quantitative estimate of drug-likeness (QED) is 0.742. The van der Waals surface area contributed by atoms with E-state index in [9.17, 15) is 21.6 Å². The van der Waals surface area contributed by atoms with E-state index >= 15 is 0 Å². The molecular weight excluding hydrogens is 315 g/mol. The molecular formula is C10H16F3N3O2S2. The maximum Gasteiger partial charge on any atom is 0.441 e. The third-order valence-electron chi connectivity index (χ3n) is 2.48. The summed E-state index contributed by atoms with van der Waals surface area (Å²) in [7, 11) is -3.81. The number of hydrogen-bond donors (Lipinski definition) is 2. The van der Waals surface area contributed by atoms with E-state index in [1.807, 2.05) is 6.92 Å². The number of hydrogen-bond acceptors (Lipinski definition) is 4. The van der Waals surface area contributed by atoms with Gasteiger partial charge in [-0.15, -0.1) is 0 Å². The van der Waals surface area contributed by atoms with Crippen molar-refractivity contribution in [3.05, 3.63) is 18.0 Å². The number of halogens is 3. The predicted molar refractivity (Wildman–Crippen MR) is 71.7 cm³/mol. The number of nitrogens with zero attached hydrogens (tertiary/aromatic N) is 1. The molecule has 0 aliphatic rings. The minimum atomic E-state index is -4.36. The Hall–Kier alpha value is -0.710. The van der Waals surface area contributed by atoms with Crippen molar-refractivity contribution in [2.24, 2.45) is 5.73 Å². The van der Waals surface area contributed by atoms with Crippen LogP contribution in [-0.4, -0.2) is 30.8 Å². The lowest BCUT2D eigenvalue weighted by Gasteiger charge is -2.06. The first kappa shape index (κ1) is 17.3. The van der Waals surface area contributed by atoms with Crippen molar-refractivity contribution in [3.63, 3.8) is 0 Å². The summed E-state index contributed by atoms with van der Waals surface area (Å²) in [6.07, 6.45) is 1.42. The molecule has 0 amide bonds. The van der Waals surface area contributed by atoms with E-state index in [2.05, 4.69) is 4.72 Å². The number of aryl methyl sites for hydroxylation is 1. The van der Waals surface area contributed by atoms with E-state index in [-0.39, 0.29) is 35.5 Å². The summed E-state index contributed by atoms with van der Waals surface area (Å²) in [6, 6.07) is 1.42. The van der Waals surface area contributed by atoms with E-state index in [4.69, 9.17) is 5.73 Å². The van der Waals surface area contributed by atoms with Crippen molar-refractivity contribution in [3.8, 4) is 0 Å². The van der Waals surface area contributed by atoms with Crippen molar-refractivity contribution in [2.75, 3.05) is 12.3 Å². The van der Waals surface area contributed by atoms with E-state index in [0.717, 1.165) is 0 Å². The van der Waals surface area contributed by atoms with Gasteiger partial charge in [0.05, 0.1) is 4.90 Å². The zero-order chi connectivity index (χ0) is 15.4. The molecule has 10 heteroatoms. The maximum atomic E-state index is 11.9. The molecule has 116 valence electrons. The second kappa shape index (κ2) is 6.83. The fourth-order valence-electron chi connectivity index (χ4n) is 1.56. The molecule has 0 aliphatic heterocycles. The van der Waals surface area contributed by atoms with Crippen molar-refractivity contribution < 1.29 is 21.6 Å². The molecule has 1 heterocycles. The molecule has 0 saturated heterocycles. The van der Waals surface area contributed by atoms with Gasteiger partial charge in [0.25, 0.3) is 0 Å². The molecule has 0 aliphatic carbocycles. The molecule has 1 aromatic rings. The smallest absolute Gasteiger partial charge is 0.349 e. The van der Waals surface area contributed by atoms with Crippen LogP contribution in [0.2, 0.25) is 0 Å². The number of alkyl halides is 3. The first-order valence-electron chi connectivity index (χ1n) is 5.79. The summed E-state index contributed by atoms with van der Waals surface area (Å²) >= 11 is -0.265. The Bertz CT molecular complexity index is 519. The van der Waals surface area contributed by atoms with Gasteiger partial charge in [0, 0.05) is 37.3 Å². The Kier molecular flexibility index (Phi) is 5.92. The van der Waals surface area contributed by atoms with E-state index in [1.165, 1.54) is 12.3 Å². The summed E-state index contributed by atoms with van der Waals surface area (Å²) in [5.74, 6) is -0.374. The van der Waals surface area contributed by atoms with Crippen molar-refractivity contribution >= 4 is 21.8 Å². The lowest BCUT2D eigenvalue weighted by atomic mass is 10.4. The van der Waals surface area contributed by atoms with E-state index in [1.54, 1.807) is 4.57 Å². The molecule has 0 saturated carbocycles. The molecule has 5 nitrogen and oxygen atoms in total. The molecule has 0 spiro atoms. The van der Waals surface area contributed by atoms with Gasteiger partial charge >= 0.3 is 5.51 Å². The van der Waals surface area contributed by atoms with Gasteiger partial charge in [0.15, 0.2) is 0 Å². The van der Waals surface area contributed by atoms with Crippen molar-refractivity contribution in [1.29, 1.82) is 0 Å². The molecule has 20 heavy (non-hydrogen) atoms. The van der Waals surface area contributed by atoms with E-state index in [0.29, 0.717) is 12.2 Å². The highest BCUT2D eigenvalue weighted by Gasteiger charge is 2.28. The number of nitrogens with two attached hydrogens (primary N) is 1. The first-order valence-corrected chi connectivity index (χ1v) is 8.26. The summed E-state index contributed by atoms with van der Waals surface area (Å²) in [5, 5.41) is 0. The van der Waals surface area contributed by atoms with E-state index < -0.39 is 15.5 Å². The Labute approximate surface area is 119 Å². The highest BCUT2D eigenvalue weighted by molar-refractivity contribution is 8.00. The molecule has 0 aromatic carbocycles. The average molecular weight is 331 g/mol. The Morgan fingerprint density at radius 1 is 1.45 bits per heavy atom. The lowest BCUT2D eigenvalue weighted by Crippen LogP contribution is -2.26. The van der Waals surface area contributed by atoms with Gasteiger partial charge < -0.3 is 10.3 Å². The Balaban J connectivity index is 2.67. The van der Waals surface area contributed by atoms with Crippen LogP contribution in [0.4, 0.5) is 13.2 Å². The summed E-state index contributed by atoms with van der Waals surface area (Å²) < 4.78 is 63.4. The topological polar surface area (TPSA) is 77.1 Å². The predicted octanol–water partition coefficient (Wildman–Crippen LogP) is 1.50. The van der Waals surface area contributed by atoms with Crippen molar-refractivity contribution in [1.82, 2.24) is 9.29 Å². The average Bonchev–Trinajstić information content (AvgIpc) is 2.77. The summed E-state index contributed by atoms with van der Waals surface area (Å²) in [5.41, 5.74) is 1.78. The Morgan fingerprint density at radius 2 is 2.10 bits per heavy atom. The van der Waals surface area contributed by atoms with Crippen LogP contribution in [0.25, 0.3) is 0 Å². The summed E-state index contributed by atoms with van der Waals surface area (Å²) in [4.78, 5) is 0.0109. The first-order chi connectivity index (χ1) is 9.19. The number of thioether (sulfide) groups is 1. The monoisotopic (exact) mass is 331 g/mol. The van der Waals surface area contributed by atoms with Gasteiger partial charge in [-0.05, 0) is 24.8 Å². The molecule has 3 N–H and O–H groups in total. The minimum absolute atomic E-state index is 0.0109. The lowest BCUT2D eigenvalue weighted by molar-refractivity contribution is -0.0327. The van der Waals surface area contributed by atoms with Gasteiger partial charge in [-0.1, -0.05) is 0 Å². The van der Waals surface area contributed by atoms with Crippen LogP contribution in [0.1, 0.15) is 12.6 Å². The zero-order valence-electron chi connectivity index (χ0n) is 10.8. The normalized spacial score (nSPS) is 12.8. The molecule has 0 fully saturated rings. The summed E-state index contributed by atoms with van der Waals surface area (Å²) in [6.45, 7) is 2.30. The molecule has 1 aromatic heterocycles. The highest BCUT2D eigenvalue weighted by Crippen LogP contribution is 2.29. The van der Waals surface area contributed by atoms with Crippen LogP contribution in [0.3, 0.4) is 0 Å². The zero-order valence-corrected chi connectivity index (χ0v) is 12.4. The van der Waals surface area contributed by atoms with Crippen LogP contribution >= 0.6 is 11.8 Å². The highest BCUT2D eigenvalue weighted by atomic mass is 32.2. The second-order valence-electron chi connectivity index (χ2n) is 3.85. The third kappa shape index (κ3) is 5.00. The van der Waals surface area contributed by atoms with Gasteiger partial charge in [0.2, 0.25) is 10.0 Å². The number of rotatable bonds is 7. The molecule has 0 atom stereocenters. The molecule has 0 bridgehead atoms. The van der Waals surface area contributed by atoms with Gasteiger partial charge in [-0.3, -0.25) is 0 Å². The fourth-order valence-corrected chi connectivity index (χ4v) is 3.22. The SMILES string of the molecule is CCn1cc(S(=O)(=O)NCCSC(F)(F)F)cc1CN. The van der Waals surface area contributed by atoms with Crippen LogP contribution < -0.4 is 10.5 Å². The van der Waals surface area contributed by atoms with Gasteiger partial charge in [-0.2, -0.15) is 13.2 Å². The number of sulfonamides is 1. The second-order valence-corrected chi connectivity index (χ2v) is 6.78. The molecule has 0 unspecified atom stereocenters. The number of nitrogens with one attached hydrogen (secondary N) is 1. The fraction of sp³-hybridized carbons (Fsp3) is 0.600. The van der Waals surface area contributed by atoms with Crippen LogP contribution in [0, 0.1) is 0 Å². The third-order valence-corrected chi connectivity index (χ3v) is 4.64. The van der Waals surface area contributed by atoms with Gasteiger partial charge in [-0.25, -0.2) is 13.1 Å². The van der Waals surface area contributed by atoms with Crippen LogP contribution in [-0.2, 0) is 23.1 Å². The Morgan fingerprint density at radius 3 is 2.55 bits per heavy atom. The minimum Gasteiger partial charge on any atom is -0.349 e. The largest absolute Gasteiger partial charge is 0.441 e. The molecule has 1 rings (SSSR count).